The third-order valence-electron chi connectivity index (χ3n) is 5.40. The number of rotatable bonds is 6. The predicted molar refractivity (Wildman–Crippen MR) is 118 cm³/mol. The average molecular weight is 441 g/mol. The molecule has 1 unspecified atom stereocenters. The van der Waals surface area contributed by atoms with E-state index in [0.717, 1.165) is 24.9 Å². The fourth-order valence-corrected chi connectivity index (χ4v) is 3.92. The van der Waals surface area contributed by atoms with Crippen molar-refractivity contribution in [2.75, 3.05) is 19.6 Å². The summed E-state index contributed by atoms with van der Waals surface area (Å²) < 4.78 is 7.24. The zero-order valence-electron chi connectivity index (χ0n) is 17.4. The van der Waals surface area contributed by atoms with Gasteiger partial charge in [-0.1, -0.05) is 18.5 Å². The van der Waals surface area contributed by atoms with E-state index in [-0.39, 0.29) is 17.7 Å². The lowest BCUT2D eigenvalue weighted by molar-refractivity contribution is -0.126. The summed E-state index contributed by atoms with van der Waals surface area (Å²) in [4.78, 5) is 27.4. The normalized spacial score (nSPS) is 16.3. The van der Waals surface area contributed by atoms with Crippen molar-refractivity contribution in [2.45, 2.75) is 26.2 Å². The Hall–Kier alpha value is -3.06. The number of piperidine rings is 1. The van der Waals surface area contributed by atoms with E-state index in [1.807, 2.05) is 25.1 Å². The average Bonchev–Trinajstić information content (AvgIpc) is 3.47. The number of likely N-dealkylation sites (tertiary alicyclic amines) is 1. The van der Waals surface area contributed by atoms with E-state index < -0.39 is 0 Å². The SMILES string of the molecule is CCCNC(=O)C1CCCN(C(=O)c2cc(-c3ccco3)n(-c3ccc(Cl)cc3)n2)C1. The second kappa shape index (κ2) is 9.39. The van der Waals surface area contributed by atoms with Gasteiger partial charge in [0.15, 0.2) is 11.5 Å². The first-order valence-corrected chi connectivity index (χ1v) is 10.9. The number of hydrogen-bond acceptors (Lipinski definition) is 4. The number of nitrogens with zero attached hydrogens (tertiary/aromatic N) is 3. The Labute approximate surface area is 186 Å². The molecule has 3 heterocycles. The van der Waals surface area contributed by atoms with Gasteiger partial charge in [0, 0.05) is 30.7 Å². The highest BCUT2D eigenvalue weighted by Gasteiger charge is 2.30. The van der Waals surface area contributed by atoms with Gasteiger partial charge in [-0.15, -0.1) is 0 Å². The van der Waals surface area contributed by atoms with Gasteiger partial charge in [0.05, 0.1) is 17.9 Å². The summed E-state index contributed by atoms with van der Waals surface area (Å²) >= 11 is 6.02. The number of halogens is 1. The molecule has 0 aliphatic carbocycles. The molecule has 2 aromatic heterocycles. The quantitative estimate of drug-likeness (QED) is 0.624. The molecule has 4 rings (SSSR count). The number of furan rings is 1. The van der Waals surface area contributed by atoms with Crippen LogP contribution >= 0.6 is 11.6 Å². The molecule has 3 aromatic rings. The summed E-state index contributed by atoms with van der Waals surface area (Å²) in [5.41, 5.74) is 1.76. The molecule has 1 aliphatic heterocycles. The van der Waals surface area contributed by atoms with Crippen molar-refractivity contribution < 1.29 is 14.0 Å². The first-order chi connectivity index (χ1) is 15.1. The highest BCUT2D eigenvalue weighted by molar-refractivity contribution is 6.30. The first-order valence-electron chi connectivity index (χ1n) is 10.5. The summed E-state index contributed by atoms with van der Waals surface area (Å²) in [7, 11) is 0. The van der Waals surface area contributed by atoms with Gasteiger partial charge in [-0.25, -0.2) is 4.68 Å². The Morgan fingerprint density at radius 1 is 1.26 bits per heavy atom. The lowest BCUT2D eigenvalue weighted by Crippen LogP contribution is -2.45. The van der Waals surface area contributed by atoms with Crippen molar-refractivity contribution in [2.24, 2.45) is 5.92 Å². The monoisotopic (exact) mass is 440 g/mol. The Morgan fingerprint density at radius 2 is 2.06 bits per heavy atom. The summed E-state index contributed by atoms with van der Waals surface area (Å²) in [6.07, 6.45) is 4.05. The van der Waals surface area contributed by atoms with Crippen LogP contribution in [0.5, 0.6) is 0 Å². The van der Waals surface area contributed by atoms with Gasteiger partial charge < -0.3 is 14.6 Å². The van der Waals surface area contributed by atoms with Gasteiger partial charge in [0.25, 0.3) is 5.91 Å². The Morgan fingerprint density at radius 3 is 2.77 bits per heavy atom. The van der Waals surface area contributed by atoms with Gasteiger partial charge in [-0.3, -0.25) is 9.59 Å². The minimum atomic E-state index is -0.188. The van der Waals surface area contributed by atoms with E-state index in [9.17, 15) is 9.59 Å². The standard InChI is InChI=1S/C23H25ClN4O3/c1-2-11-25-22(29)16-5-3-12-27(15-16)23(30)19-14-20(21-6-4-13-31-21)28(26-19)18-9-7-17(24)8-10-18/h4,6-10,13-14,16H,2-3,5,11-12,15H2,1H3,(H,25,29). The highest BCUT2D eigenvalue weighted by Crippen LogP contribution is 2.27. The van der Waals surface area contributed by atoms with Crippen LogP contribution in [0.3, 0.4) is 0 Å². The topological polar surface area (TPSA) is 80.4 Å². The van der Waals surface area contributed by atoms with E-state index in [4.69, 9.17) is 16.0 Å². The summed E-state index contributed by atoms with van der Waals surface area (Å²) in [6.45, 7) is 3.68. The van der Waals surface area contributed by atoms with Crippen LogP contribution in [0.4, 0.5) is 0 Å². The van der Waals surface area contributed by atoms with Gasteiger partial charge >= 0.3 is 0 Å². The molecule has 8 heteroatoms. The maximum Gasteiger partial charge on any atom is 0.274 e. The van der Waals surface area contributed by atoms with Crippen LogP contribution in [-0.2, 0) is 4.79 Å². The molecule has 162 valence electrons. The van der Waals surface area contributed by atoms with E-state index in [1.165, 1.54) is 0 Å². The molecule has 1 fully saturated rings. The third-order valence-corrected chi connectivity index (χ3v) is 5.65. The van der Waals surface area contributed by atoms with Gasteiger partial charge in [0.1, 0.15) is 5.69 Å². The summed E-state index contributed by atoms with van der Waals surface area (Å²) in [6, 6.07) is 12.6. The maximum atomic E-state index is 13.3. The highest BCUT2D eigenvalue weighted by atomic mass is 35.5. The number of nitrogens with one attached hydrogen (secondary N) is 1. The van der Waals surface area contributed by atoms with E-state index in [1.54, 1.807) is 40.1 Å². The molecule has 31 heavy (non-hydrogen) atoms. The molecular weight excluding hydrogens is 416 g/mol. The summed E-state index contributed by atoms with van der Waals surface area (Å²) in [5, 5.41) is 8.14. The molecule has 7 nitrogen and oxygen atoms in total. The summed E-state index contributed by atoms with van der Waals surface area (Å²) in [5.74, 6) is 0.250. The smallest absolute Gasteiger partial charge is 0.274 e. The molecule has 0 bridgehead atoms. The van der Waals surface area contributed by atoms with Crippen LogP contribution in [0.1, 0.15) is 36.7 Å². The lowest BCUT2D eigenvalue weighted by atomic mass is 9.97. The largest absolute Gasteiger partial charge is 0.463 e. The van der Waals surface area contributed by atoms with Gasteiger partial charge in [-0.05, 0) is 55.7 Å². The maximum absolute atomic E-state index is 13.3. The molecule has 1 atom stereocenters. The van der Waals surface area contributed by atoms with Crippen molar-refractivity contribution in [3.05, 3.63) is 59.4 Å². The third kappa shape index (κ3) is 4.66. The minimum absolute atomic E-state index is 0.0160. The molecule has 1 saturated heterocycles. The molecule has 0 radical (unpaired) electrons. The molecule has 0 saturated carbocycles. The van der Waals surface area contributed by atoms with Crippen molar-refractivity contribution in [1.29, 1.82) is 0 Å². The number of benzene rings is 1. The van der Waals surface area contributed by atoms with Crippen LogP contribution < -0.4 is 5.32 Å². The zero-order chi connectivity index (χ0) is 21.8. The van der Waals surface area contributed by atoms with Crippen molar-refractivity contribution in [1.82, 2.24) is 20.0 Å². The number of amides is 2. The van der Waals surface area contributed by atoms with Gasteiger partial charge in [0.2, 0.25) is 5.91 Å². The molecule has 1 N–H and O–H groups in total. The predicted octanol–water partition coefficient (Wildman–Crippen LogP) is 4.16. The number of carbonyl (C=O) groups is 2. The van der Waals surface area contributed by atoms with Crippen LogP contribution in [0.15, 0.2) is 53.1 Å². The molecule has 1 aromatic carbocycles. The first kappa shape index (κ1) is 21.2. The van der Waals surface area contributed by atoms with Gasteiger partial charge in [-0.2, -0.15) is 5.10 Å². The number of carbonyl (C=O) groups excluding carboxylic acids is 2. The fraction of sp³-hybridized carbons (Fsp3) is 0.348. The molecular formula is C23H25ClN4O3. The van der Waals surface area contributed by atoms with E-state index >= 15 is 0 Å². The molecule has 2 amide bonds. The van der Waals surface area contributed by atoms with Crippen molar-refractivity contribution >= 4 is 23.4 Å². The lowest BCUT2D eigenvalue weighted by Gasteiger charge is -2.31. The molecule has 0 spiro atoms. The van der Waals surface area contributed by atoms with Crippen LogP contribution in [0.25, 0.3) is 17.1 Å². The Bertz CT molecular complexity index is 1040. The van der Waals surface area contributed by atoms with Crippen molar-refractivity contribution in [3.63, 3.8) is 0 Å². The Kier molecular flexibility index (Phi) is 6.42. The minimum Gasteiger partial charge on any atom is -0.463 e. The zero-order valence-corrected chi connectivity index (χ0v) is 18.1. The number of hydrogen-bond donors (Lipinski definition) is 1. The van der Waals surface area contributed by atoms with Crippen LogP contribution in [0.2, 0.25) is 5.02 Å². The van der Waals surface area contributed by atoms with Crippen LogP contribution in [-0.4, -0.2) is 46.1 Å². The van der Waals surface area contributed by atoms with E-state index in [0.29, 0.717) is 41.8 Å². The molecule has 1 aliphatic rings. The Balaban J connectivity index is 1.60. The number of aromatic nitrogens is 2. The van der Waals surface area contributed by atoms with E-state index in [2.05, 4.69) is 10.4 Å². The fourth-order valence-electron chi connectivity index (χ4n) is 3.79. The van der Waals surface area contributed by atoms with Crippen LogP contribution in [0, 0.1) is 5.92 Å². The second-order valence-electron chi connectivity index (χ2n) is 7.66. The van der Waals surface area contributed by atoms with Crippen molar-refractivity contribution in [3.8, 4) is 17.1 Å². The second-order valence-corrected chi connectivity index (χ2v) is 8.10.